The molecule has 2 heterocycles. The van der Waals surface area contributed by atoms with E-state index in [9.17, 15) is 24.3 Å². The zero-order chi connectivity index (χ0) is 26.9. The van der Waals surface area contributed by atoms with E-state index in [2.05, 4.69) is 0 Å². The van der Waals surface area contributed by atoms with Crippen molar-refractivity contribution in [3.8, 4) is 11.5 Å². The molecule has 0 aromatic heterocycles. The number of para-hydroxylation sites is 1. The molecule has 6 rings (SSSR count). The van der Waals surface area contributed by atoms with Crippen molar-refractivity contribution in [1.29, 1.82) is 0 Å². The van der Waals surface area contributed by atoms with E-state index in [1.54, 1.807) is 50.2 Å². The van der Waals surface area contributed by atoms with Gasteiger partial charge in [0.25, 0.3) is 0 Å². The van der Waals surface area contributed by atoms with Crippen molar-refractivity contribution in [3.05, 3.63) is 65.7 Å². The van der Waals surface area contributed by atoms with Crippen LogP contribution in [-0.2, 0) is 19.2 Å². The topological polar surface area (TPSA) is 104 Å². The summed E-state index contributed by atoms with van der Waals surface area (Å²) < 4.78 is 5.28. The predicted octanol–water partition coefficient (Wildman–Crippen LogP) is 3.65. The number of amides is 4. The molecule has 196 valence electrons. The summed E-state index contributed by atoms with van der Waals surface area (Å²) in [6.45, 7) is 3.89. The van der Waals surface area contributed by atoms with Crippen molar-refractivity contribution in [2.45, 2.75) is 32.6 Å². The van der Waals surface area contributed by atoms with Crippen LogP contribution in [0.15, 0.2) is 60.2 Å². The van der Waals surface area contributed by atoms with Gasteiger partial charge in [0.05, 0.1) is 36.0 Å². The van der Waals surface area contributed by atoms with Gasteiger partial charge in [0, 0.05) is 24.1 Å². The van der Waals surface area contributed by atoms with Gasteiger partial charge in [-0.15, -0.1) is 0 Å². The van der Waals surface area contributed by atoms with Gasteiger partial charge in [-0.1, -0.05) is 35.9 Å². The van der Waals surface area contributed by atoms with E-state index in [0.29, 0.717) is 36.4 Å². The Morgan fingerprint density at radius 3 is 2.39 bits per heavy atom. The number of fused-ring (bicyclic) bond motifs is 4. The van der Waals surface area contributed by atoms with Crippen LogP contribution in [0.5, 0.6) is 11.5 Å². The molecule has 2 aliphatic carbocycles. The highest BCUT2D eigenvalue weighted by molar-refractivity contribution is 6.24. The van der Waals surface area contributed by atoms with E-state index in [1.165, 1.54) is 23.0 Å². The quantitative estimate of drug-likeness (QED) is 0.493. The van der Waals surface area contributed by atoms with Gasteiger partial charge >= 0.3 is 0 Å². The summed E-state index contributed by atoms with van der Waals surface area (Å²) >= 11 is 0. The molecule has 2 aliphatic heterocycles. The molecule has 2 aromatic carbocycles. The van der Waals surface area contributed by atoms with Crippen molar-refractivity contribution < 1.29 is 29.0 Å². The molecule has 8 nitrogen and oxygen atoms in total. The van der Waals surface area contributed by atoms with Crippen LogP contribution < -0.4 is 9.64 Å². The van der Waals surface area contributed by atoms with Crippen LogP contribution in [0.2, 0.25) is 0 Å². The van der Waals surface area contributed by atoms with Crippen LogP contribution in [-0.4, -0.2) is 47.3 Å². The van der Waals surface area contributed by atoms with E-state index in [0.717, 1.165) is 5.57 Å². The molecular formula is C30H30N2O6. The number of carbonyl (C=O) groups is 4. The van der Waals surface area contributed by atoms with Gasteiger partial charge in [-0.25, -0.2) is 4.90 Å². The molecule has 4 amide bonds. The van der Waals surface area contributed by atoms with Crippen LogP contribution in [0.1, 0.15) is 38.2 Å². The molecular weight excluding hydrogens is 484 g/mol. The van der Waals surface area contributed by atoms with Crippen molar-refractivity contribution in [2.75, 3.05) is 18.6 Å². The molecule has 0 radical (unpaired) electrons. The number of imide groups is 2. The highest BCUT2D eigenvalue weighted by atomic mass is 16.5. The third-order valence-electron chi connectivity index (χ3n) is 9.25. The molecule has 0 unspecified atom stereocenters. The van der Waals surface area contributed by atoms with Crippen molar-refractivity contribution in [1.82, 2.24) is 4.90 Å². The molecule has 1 N–H and O–H groups in total. The second kappa shape index (κ2) is 8.55. The highest BCUT2D eigenvalue weighted by Crippen LogP contribution is 2.64. The summed E-state index contributed by atoms with van der Waals surface area (Å²) in [4.78, 5) is 57.4. The summed E-state index contributed by atoms with van der Waals surface area (Å²) in [7, 11) is 1.51. The molecule has 2 aromatic rings. The smallest absolute Gasteiger partial charge is 0.241 e. The van der Waals surface area contributed by atoms with Gasteiger partial charge in [0.2, 0.25) is 23.6 Å². The fraction of sp³-hybridized carbons (Fsp3) is 0.400. The molecule has 2 saturated heterocycles. The van der Waals surface area contributed by atoms with Crippen LogP contribution in [0.4, 0.5) is 5.69 Å². The van der Waals surface area contributed by atoms with E-state index >= 15 is 0 Å². The first-order valence-corrected chi connectivity index (χ1v) is 13.1. The number of phenolic OH excluding ortho intramolecular Hbond substituents is 1. The zero-order valence-corrected chi connectivity index (χ0v) is 21.6. The number of methoxy groups -OCH3 is 1. The molecule has 0 bridgehead atoms. The van der Waals surface area contributed by atoms with E-state index < -0.39 is 29.1 Å². The fourth-order valence-corrected chi connectivity index (χ4v) is 7.45. The van der Waals surface area contributed by atoms with Crippen LogP contribution >= 0.6 is 0 Å². The van der Waals surface area contributed by atoms with Crippen molar-refractivity contribution in [3.63, 3.8) is 0 Å². The molecule has 6 atom stereocenters. The molecule has 38 heavy (non-hydrogen) atoms. The predicted molar refractivity (Wildman–Crippen MR) is 138 cm³/mol. The summed E-state index contributed by atoms with van der Waals surface area (Å²) in [5.41, 5.74) is 0.660. The molecule has 4 aliphatic rings. The second-order valence-corrected chi connectivity index (χ2v) is 10.8. The lowest BCUT2D eigenvalue weighted by atomic mass is 9.51. The normalized spacial score (nSPS) is 32.2. The average Bonchev–Trinajstić information content (AvgIpc) is 3.28. The minimum absolute atomic E-state index is 0.0413. The van der Waals surface area contributed by atoms with E-state index in [-0.39, 0.29) is 35.3 Å². The van der Waals surface area contributed by atoms with E-state index in [1.807, 2.05) is 12.1 Å². The van der Waals surface area contributed by atoms with Crippen LogP contribution in [0.3, 0.4) is 0 Å². The number of aromatic hydroxyl groups is 1. The average molecular weight is 515 g/mol. The Morgan fingerprint density at radius 2 is 1.74 bits per heavy atom. The monoisotopic (exact) mass is 514 g/mol. The third kappa shape index (κ3) is 3.09. The first kappa shape index (κ1) is 24.4. The summed E-state index contributed by atoms with van der Waals surface area (Å²) in [6.07, 6.45) is 2.66. The van der Waals surface area contributed by atoms with Crippen LogP contribution in [0.25, 0.3) is 0 Å². The van der Waals surface area contributed by atoms with Crippen molar-refractivity contribution in [2.24, 2.45) is 29.1 Å². The zero-order valence-electron chi connectivity index (χ0n) is 21.6. The van der Waals surface area contributed by atoms with Gasteiger partial charge in [-0.3, -0.25) is 24.1 Å². The molecule has 8 heteroatoms. The maximum Gasteiger partial charge on any atom is 0.241 e. The first-order valence-electron chi connectivity index (χ1n) is 13.1. The third-order valence-corrected chi connectivity index (χ3v) is 9.25. The maximum atomic E-state index is 14.2. The number of hydrogen-bond acceptors (Lipinski definition) is 6. The Kier molecular flexibility index (Phi) is 5.49. The number of benzene rings is 2. The maximum absolute atomic E-state index is 14.2. The number of likely N-dealkylation sites (tertiary alicyclic amines) is 1. The standard InChI is InChI=1S/C30H30N2O6/c1-4-31-26(34)20-13-12-18-21(24(20)28(31)36)15-22-27(35)32(16-8-6-5-7-9-16)29(37)30(22,2)25(18)19-11-10-17(38-3)14-23(19)33/h5-12,14,20-22,24-25,33H,4,13,15H2,1-3H3/t20-,21+,22-,24-,25+,30+/m0/s1. The van der Waals surface area contributed by atoms with Gasteiger partial charge in [0.1, 0.15) is 11.5 Å². The minimum Gasteiger partial charge on any atom is -0.508 e. The summed E-state index contributed by atoms with van der Waals surface area (Å²) in [6, 6.07) is 13.8. The van der Waals surface area contributed by atoms with Gasteiger partial charge in [-0.05, 0) is 50.8 Å². The lowest BCUT2D eigenvalue weighted by Crippen LogP contribution is -2.48. The fourth-order valence-electron chi connectivity index (χ4n) is 7.45. The highest BCUT2D eigenvalue weighted by Gasteiger charge is 2.67. The summed E-state index contributed by atoms with van der Waals surface area (Å²) in [5.74, 6) is -3.41. The van der Waals surface area contributed by atoms with Gasteiger partial charge in [-0.2, -0.15) is 0 Å². The SMILES string of the molecule is CCN1C(=O)[C@H]2[C@H](CC=C3[C@H]2C[C@H]2C(=O)N(c4ccccc4)C(=O)[C@@]2(C)[C@H]3c2ccc(OC)cc2O)C1=O. The first-order chi connectivity index (χ1) is 18.2. The second-order valence-electron chi connectivity index (χ2n) is 10.8. The van der Waals surface area contributed by atoms with Gasteiger partial charge < -0.3 is 9.84 Å². The summed E-state index contributed by atoms with van der Waals surface area (Å²) in [5, 5.41) is 11.1. The molecule has 0 spiro atoms. The number of hydrogen-bond donors (Lipinski definition) is 1. The number of carbonyl (C=O) groups excluding carboxylic acids is 4. The number of rotatable bonds is 4. The lowest BCUT2D eigenvalue weighted by molar-refractivity contribution is -0.140. The number of phenols is 1. The number of nitrogens with zero attached hydrogens (tertiary/aromatic N) is 2. The Balaban J connectivity index is 1.54. The van der Waals surface area contributed by atoms with Gasteiger partial charge in [0.15, 0.2) is 0 Å². The number of ether oxygens (including phenoxy) is 1. The lowest BCUT2D eigenvalue weighted by Gasteiger charge is -2.49. The molecule has 1 saturated carbocycles. The van der Waals surface area contributed by atoms with E-state index in [4.69, 9.17) is 4.74 Å². The minimum atomic E-state index is -1.19. The van der Waals surface area contributed by atoms with Crippen LogP contribution in [0, 0.1) is 29.1 Å². The number of allylic oxidation sites excluding steroid dienone is 2. The number of anilines is 1. The Labute approximate surface area is 220 Å². The Morgan fingerprint density at radius 1 is 1.00 bits per heavy atom. The largest absolute Gasteiger partial charge is 0.508 e. The molecule has 3 fully saturated rings. The van der Waals surface area contributed by atoms with Crippen molar-refractivity contribution >= 4 is 29.3 Å². The Bertz CT molecular complexity index is 1400. The Hall–Kier alpha value is -3.94.